The number of halogens is 4. The first-order valence-corrected chi connectivity index (χ1v) is 3.99. The molecule has 0 aromatic carbocycles. The summed E-state index contributed by atoms with van der Waals surface area (Å²) in [5.41, 5.74) is -1.03. The number of nitrogens with zero attached hydrogens (tertiary/aromatic N) is 2. The highest BCUT2D eigenvalue weighted by atomic mass is 79.9. The SMILES string of the molecule is O=[N+]([O-])c1ncc(C(F)(F)F)cc1Br. The van der Waals surface area contributed by atoms with Gasteiger partial charge in [0, 0.05) is 0 Å². The van der Waals surface area contributed by atoms with E-state index in [1.165, 1.54) is 0 Å². The fourth-order valence-electron chi connectivity index (χ4n) is 0.720. The molecule has 0 aliphatic heterocycles. The summed E-state index contributed by atoms with van der Waals surface area (Å²) < 4.78 is 35.9. The third kappa shape index (κ3) is 2.19. The molecule has 4 nitrogen and oxygen atoms in total. The average molecular weight is 271 g/mol. The van der Waals surface area contributed by atoms with E-state index in [4.69, 9.17) is 0 Å². The highest BCUT2D eigenvalue weighted by Gasteiger charge is 2.33. The number of pyridine rings is 1. The number of nitro groups is 1. The lowest BCUT2D eigenvalue weighted by Gasteiger charge is -2.04. The van der Waals surface area contributed by atoms with Crippen molar-refractivity contribution in [2.24, 2.45) is 0 Å². The molecule has 0 amide bonds. The number of rotatable bonds is 1. The Morgan fingerprint density at radius 1 is 1.50 bits per heavy atom. The first-order chi connectivity index (χ1) is 6.32. The molecule has 8 heteroatoms. The largest absolute Gasteiger partial charge is 0.420 e. The quantitative estimate of drug-likeness (QED) is 0.582. The molecule has 0 saturated carbocycles. The zero-order chi connectivity index (χ0) is 10.9. The summed E-state index contributed by atoms with van der Waals surface area (Å²) in [5.74, 6) is -0.641. The first-order valence-electron chi connectivity index (χ1n) is 3.19. The molecule has 1 aromatic rings. The van der Waals surface area contributed by atoms with Gasteiger partial charge in [-0.1, -0.05) is 0 Å². The molecule has 14 heavy (non-hydrogen) atoms. The third-order valence-corrected chi connectivity index (χ3v) is 1.91. The van der Waals surface area contributed by atoms with Crippen LogP contribution in [0.15, 0.2) is 16.7 Å². The minimum atomic E-state index is -4.55. The smallest absolute Gasteiger partial charge is 0.358 e. The van der Waals surface area contributed by atoms with E-state index in [0.29, 0.717) is 12.3 Å². The van der Waals surface area contributed by atoms with Gasteiger partial charge in [0.15, 0.2) is 6.20 Å². The Kier molecular flexibility index (Phi) is 2.74. The molecule has 0 fully saturated rings. The van der Waals surface area contributed by atoms with Crippen LogP contribution in [0.1, 0.15) is 5.56 Å². The maximum absolute atomic E-state index is 12.1. The van der Waals surface area contributed by atoms with Crippen LogP contribution >= 0.6 is 15.9 Å². The minimum Gasteiger partial charge on any atom is -0.358 e. The third-order valence-electron chi connectivity index (χ3n) is 1.32. The first kappa shape index (κ1) is 10.9. The van der Waals surface area contributed by atoms with Crippen LogP contribution in [-0.4, -0.2) is 9.91 Å². The normalized spacial score (nSPS) is 11.4. The van der Waals surface area contributed by atoms with E-state index in [-0.39, 0.29) is 4.47 Å². The van der Waals surface area contributed by atoms with Crippen molar-refractivity contribution in [2.75, 3.05) is 0 Å². The molecule has 0 spiro atoms. The molecule has 0 N–H and O–H groups in total. The van der Waals surface area contributed by atoms with Gasteiger partial charge in [-0.15, -0.1) is 0 Å². The summed E-state index contributed by atoms with van der Waals surface area (Å²) in [6, 6.07) is 0.616. The van der Waals surface area contributed by atoms with E-state index < -0.39 is 22.5 Å². The van der Waals surface area contributed by atoms with Crippen LogP contribution in [0.3, 0.4) is 0 Å². The predicted molar refractivity (Wildman–Crippen MR) is 43.6 cm³/mol. The van der Waals surface area contributed by atoms with Gasteiger partial charge in [0.2, 0.25) is 0 Å². The van der Waals surface area contributed by atoms with Gasteiger partial charge in [0.1, 0.15) is 10.0 Å². The van der Waals surface area contributed by atoms with E-state index >= 15 is 0 Å². The molecule has 1 heterocycles. The van der Waals surface area contributed by atoms with Gasteiger partial charge in [-0.05, 0) is 31.9 Å². The van der Waals surface area contributed by atoms with Gasteiger partial charge in [-0.25, -0.2) is 0 Å². The number of aromatic nitrogens is 1. The van der Waals surface area contributed by atoms with Crippen molar-refractivity contribution >= 4 is 21.7 Å². The molecule has 0 aliphatic rings. The van der Waals surface area contributed by atoms with Crippen LogP contribution in [-0.2, 0) is 6.18 Å². The van der Waals surface area contributed by atoms with Crippen molar-refractivity contribution in [3.8, 4) is 0 Å². The Labute approximate surface area is 84.0 Å². The Balaban J connectivity index is 3.20. The Morgan fingerprint density at radius 2 is 2.07 bits per heavy atom. The van der Waals surface area contributed by atoms with E-state index in [9.17, 15) is 23.3 Å². The molecular weight excluding hydrogens is 269 g/mol. The lowest BCUT2D eigenvalue weighted by Crippen LogP contribution is -2.06. The van der Waals surface area contributed by atoms with Crippen molar-refractivity contribution in [3.05, 3.63) is 32.4 Å². The predicted octanol–water partition coefficient (Wildman–Crippen LogP) is 2.77. The number of hydrogen-bond acceptors (Lipinski definition) is 3. The maximum Gasteiger partial charge on any atom is 0.420 e. The van der Waals surface area contributed by atoms with Crippen molar-refractivity contribution in [3.63, 3.8) is 0 Å². The monoisotopic (exact) mass is 270 g/mol. The number of alkyl halides is 3. The zero-order valence-electron chi connectivity index (χ0n) is 6.38. The lowest BCUT2D eigenvalue weighted by atomic mass is 10.3. The van der Waals surface area contributed by atoms with Gasteiger partial charge in [0.25, 0.3) is 0 Å². The summed E-state index contributed by atoms with van der Waals surface area (Å²) in [6.07, 6.45) is -4.13. The summed E-state index contributed by atoms with van der Waals surface area (Å²) in [6.45, 7) is 0. The molecule has 76 valence electrons. The van der Waals surface area contributed by atoms with E-state index in [1.54, 1.807) is 0 Å². The van der Waals surface area contributed by atoms with E-state index in [2.05, 4.69) is 20.9 Å². The Bertz CT molecular complexity index is 380. The Morgan fingerprint density at radius 3 is 2.43 bits per heavy atom. The lowest BCUT2D eigenvalue weighted by molar-refractivity contribution is -0.390. The highest BCUT2D eigenvalue weighted by molar-refractivity contribution is 9.10. The zero-order valence-corrected chi connectivity index (χ0v) is 7.96. The molecule has 0 aliphatic carbocycles. The van der Waals surface area contributed by atoms with Crippen LogP contribution in [0, 0.1) is 10.1 Å². The molecular formula is C6H2BrF3N2O2. The molecule has 1 aromatic heterocycles. The fourth-order valence-corrected chi connectivity index (χ4v) is 1.21. The number of hydrogen-bond donors (Lipinski definition) is 0. The summed E-state index contributed by atoms with van der Waals surface area (Å²) >= 11 is 2.64. The molecule has 1 rings (SSSR count). The summed E-state index contributed by atoms with van der Waals surface area (Å²) in [7, 11) is 0. The topological polar surface area (TPSA) is 56.0 Å². The van der Waals surface area contributed by atoms with Gasteiger partial charge in [-0.3, -0.25) is 0 Å². The molecule has 0 radical (unpaired) electrons. The second-order valence-corrected chi connectivity index (χ2v) is 3.14. The Hall–Kier alpha value is -1.18. The maximum atomic E-state index is 12.1. The minimum absolute atomic E-state index is 0.294. The standard InChI is InChI=1S/C6H2BrF3N2O2/c7-4-1-3(6(8,9)10)2-11-5(4)12(13)14/h1-2H. The van der Waals surface area contributed by atoms with Gasteiger partial charge in [0.05, 0.1) is 0 Å². The molecule has 0 bridgehead atoms. The van der Waals surface area contributed by atoms with Crippen LogP contribution in [0.25, 0.3) is 0 Å². The van der Waals surface area contributed by atoms with Crippen LogP contribution < -0.4 is 0 Å². The second kappa shape index (κ2) is 3.52. The van der Waals surface area contributed by atoms with Gasteiger partial charge in [-0.2, -0.15) is 13.2 Å². The van der Waals surface area contributed by atoms with Crippen molar-refractivity contribution in [1.82, 2.24) is 4.98 Å². The van der Waals surface area contributed by atoms with Crippen LogP contribution in [0.2, 0.25) is 0 Å². The van der Waals surface area contributed by atoms with Crippen molar-refractivity contribution in [1.29, 1.82) is 0 Å². The van der Waals surface area contributed by atoms with Crippen LogP contribution in [0.4, 0.5) is 19.0 Å². The van der Waals surface area contributed by atoms with Crippen molar-refractivity contribution < 1.29 is 18.1 Å². The molecule has 0 saturated heterocycles. The van der Waals surface area contributed by atoms with Gasteiger partial charge >= 0.3 is 12.0 Å². The summed E-state index contributed by atoms with van der Waals surface area (Å²) in [5, 5.41) is 10.2. The van der Waals surface area contributed by atoms with E-state index in [0.717, 1.165) is 0 Å². The van der Waals surface area contributed by atoms with E-state index in [1.807, 2.05) is 0 Å². The molecule has 0 unspecified atom stereocenters. The van der Waals surface area contributed by atoms with Gasteiger partial charge < -0.3 is 10.1 Å². The summed E-state index contributed by atoms with van der Waals surface area (Å²) in [4.78, 5) is 12.4. The second-order valence-electron chi connectivity index (χ2n) is 2.28. The average Bonchev–Trinajstić information content (AvgIpc) is 2.01. The van der Waals surface area contributed by atoms with Crippen molar-refractivity contribution in [2.45, 2.75) is 6.18 Å². The molecule has 0 atom stereocenters. The highest BCUT2D eigenvalue weighted by Crippen LogP contribution is 2.32. The van der Waals surface area contributed by atoms with Crippen LogP contribution in [0.5, 0.6) is 0 Å². The fraction of sp³-hybridized carbons (Fsp3) is 0.167.